The molecule has 1 amide bonds. The number of carbonyl (C=O) groups excluding carboxylic acids is 1. The summed E-state index contributed by atoms with van der Waals surface area (Å²) in [6.45, 7) is 2.46. The van der Waals surface area contributed by atoms with E-state index >= 15 is 0 Å². The Morgan fingerprint density at radius 2 is 2.04 bits per heavy atom. The highest BCUT2D eigenvalue weighted by molar-refractivity contribution is 7.19. The van der Waals surface area contributed by atoms with Crippen LogP contribution in [0.1, 0.15) is 11.3 Å². The van der Waals surface area contributed by atoms with Crippen LogP contribution in [0.4, 0.5) is 0 Å². The van der Waals surface area contributed by atoms with Crippen LogP contribution in [-0.4, -0.2) is 45.7 Å². The molecule has 26 heavy (non-hydrogen) atoms. The number of aliphatic hydroxyl groups is 1. The number of likely N-dealkylation sites (N-methyl/N-ethyl adjacent to an activating group) is 1. The maximum absolute atomic E-state index is 13.0. The fourth-order valence-corrected chi connectivity index (χ4v) is 3.93. The molecule has 0 saturated carbocycles. The van der Waals surface area contributed by atoms with E-state index in [0.29, 0.717) is 10.2 Å². The number of aliphatic hydroxyl groups excluding tert-OH is 1. The van der Waals surface area contributed by atoms with Crippen molar-refractivity contribution in [3.05, 3.63) is 51.9 Å². The second-order valence-corrected chi connectivity index (χ2v) is 7.31. The van der Waals surface area contributed by atoms with Crippen molar-refractivity contribution in [2.24, 2.45) is 0 Å². The van der Waals surface area contributed by atoms with E-state index in [4.69, 9.17) is 5.11 Å². The first-order valence-electron chi connectivity index (χ1n) is 8.41. The number of carbonyl (C=O) groups is 1. The minimum Gasteiger partial charge on any atom is -0.395 e. The molecule has 2 aromatic heterocycles. The van der Waals surface area contributed by atoms with Crippen molar-refractivity contribution in [3.63, 3.8) is 0 Å². The monoisotopic (exact) mass is 371 g/mol. The summed E-state index contributed by atoms with van der Waals surface area (Å²) in [5.74, 6) is -0.115. The molecular formula is C19H21N3O3S. The molecule has 0 fully saturated rings. The summed E-state index contributed by atoms with van der Waals surface area (Å²) in [6.07, 6.45) is 1.70. The van der Waals surface area contributed by atoms with Gasteiger partial charge in [-0.2, -0.15) is 0 Å². The van der Waals surface area contributed by atoms with Gasteiger partial charge in [-0.3, -0.25) is 14.2 Å². The van der Waals surface area contributed by atoms with Crippen molar-refractivity contribution in [1.82, 2.24) is 14.5 Å². The molecule has 136 valence electrons. The number of aromatic nitrogens is 2. The van der Waals surface area contributed by atoms with Gasteiger partial charge in [-0.05, 0) is 12.5 Å². The van der Waals surface area contributed by atoms with Crippen LogP contribution in [0.5, 0.6) is 0 Å². The van der Waals surface area contributed by atoms with E-state index in [1.54, 1.807) is 7.05 Å². The SMILES string of the molecule is Cc1sc2ncn(CCC(=O)N(C)CCO)c(=O)c2c1-c1ccccc1. The van der Waals surface area contributed by atoms with Gasteiger partial charge in [0.15, 0.2) is 0 Å². The molecule has 0 aliphatic heterocycles. The predicted molar refractivity (Wildman–Crippen MR) is 103 cm³/mol. The van der Waals surface area contributed by atoms with Crippen LogP contribution in [0.15, 0.2) is 41.5 Å². The minimum absolute atomic E-state index is 0.0790. The first-order chi connectivity index (χ1) is 12.5. The van der Waals surface area contributed by atoms with E-state index in [0.717, 1.165) is 16.0 Å². The van der Waals surface area contributed by atoms with Crippen molar-refractivity contribution in [2.75, 3.05) is 20.2 Å². The quantitative estimate of drug-likeness (QED) is 0.721. The topological polar surface area (TPSA) is 75.4 Å². The Labute approximate surface area is 155 Å². The lowest BCUT2D eigenvalue weighted by Crippen LogP contribution is -2.31. The van der Waals surface area contributed by atoms with E-state index in [9.17, 15) is 9.59 Å². The first-order valence-corrected chi connectivity index (χ1v) is 9.23. The highest BCUT2D eigenvalue weighted by Crippen LogP contribution is 2.35. The molecule has 0 aliphatic carbocycles. The molecule has 0 spiro atoms. The molecule has 0 radical (unpaired) electrons. The minimum atomic E-state index is -0.129. The number of hydrogen-bond acceptors (Lipinski definition) is 5. The smallest absolute Gasteiger partial charge is 0.262 e. The Morgan fingerprint density at radius 3 is 2.73 bits per heavy atom. The van der Waals surface area contributed by atoms with Gasteiger partial charge in [-0.1, -0.05) is 30.3 Å². The van der Waals surface area contributed by atoms with E-state index in [2.05, 4.69) is 4.98 Å². The van der Waals surface area contributed by atoms with Crippen LogP contribution < -0.4 is 5.56 Å². The van der Waals surface area contributed by atoms with Gasteiger partial charge in [0, 0.05) is 37.0 Å². The van der Waals surface area contributed by atoms with Gasteiger partial charge >= 0.3 is 0 Å². The number of benzene rings is 1. The standard InChI is InChI=1S/C19H21N3O3S/c1-13-16(14-6-4-3-5-7-14)17-18(26-13)20-12-22(19(17)25)9-8-15(24)21(2)10-11-23/h3-7,12,23H,8-11H2,1-2H3. The summed E-state index contributed by atoms with van der Waals surface area (Å²) in [5, 5.41) is 9.53. The first kappa shape index (κ1) is 18.3. The number of amides is 1. The second-order valence-electron chi connectivity index (χ2n) is 6.11. The maximum Gasteiger partial charge on any atom is 0.262 e. The van der Waals surface area contributed by atoms with Crippen molar-refractivity contribution in [3.8, 4) is 11.1 Å². The zero-order valence-corrected chi connectivity index (χ0v) is 15.6. The molecule has 3 rings (SSSR count). The predicted octanol–water partition coefficient (Wildman–Crippen LogP) is 2.27. The molecule has 3 aromatic rings. The number of rotatable bonds is 6. The third-order valence-corrected chi connectivity index (χ3v) is 5.36. The number of nitrogens with zero attached hydrogens (tertiary/aromatic N) is 3. The van der Waals surface area contributed by atoms with E-state index < -0.39 is 0 Å². The van der Waals surface area contributed by atoms with Crippen LogP contribution >= 0.6 is 11.3 Å². The van der Waals surface area contributed by atoms with Gasteiger partial charge in [-0.25, -0.2) is 4.98 Å². The van der Waals surface area contributed by atoms with Crippen LogP contribution in [0.2, 0.25) is 0 Å². The van der Waals surface area contributed by atoms with E-state index in [1.807, 2.05) is 37.3 Å². The summed E-state index contributed by atoms with van der Waals surface area (Å²) >= 11 is 1.50. The molecule has 0 unspecified atom stereocenters. The highest BCUT2D eigenvalue weighted by Gasteiger charge is 2.17. The van der Waals surface area contributed by atoms with Crippen molar-refractivity contribution < 1.29 is 9.90 Å². The average Bonchev–Trinajstić information content (AvgIpc) is 2.98. The van der Waals surface area contributed by atoms with Gasteiger partial charge in [0.2, 0.25) is 5.91 Å². The largest absolute Gasteiger partial charge is 0.395 e. The molecule has 0 aliphatic rings. The molecule has 7 heteroatoms. The Balaban J connectivity index is 1.96. The van der Waals surface area contributed by atoms with Gasteiger partial charge < -0.3 is 10.0 Å². The summed E-state index contributed by atoms with van der Waals surface area (Å²) < 4.78 is 1.49. The molecule has 0 atom stereocenters. The van der Waals surface area contributed by atoms with Gasteiger partial charge in [0.1, 0.15) is 4.83 Å². The zero-order valence-electron chi connectivity index (χ0n) is 14.8. The molecular weight excluding hydrogens is 350 g/mol. The maximum atomic E-state index is 13.0. The molecule has 1 aromatic carbocycles. The lowest BCUT2D eigenvalue weighted by Gasteiger charge is -2.15. The Hall–Kier alpha value is -2.51. The summed E-state index contributed by atoms with van der Waals surface area (Å²) in [5.41, 5.74) is 1.78. The number of aryl methyl sites for hydroxylation is 2. The summed E-state index contributed by atoms with van der Waals surface area (Å²) in [6, 6.07) is 9.81. The lowest BCUT2D eigenvalue weighted by atomic mass is 10.0. The molecule has 0 saturated heterocycles. The average molecular weight is 371 g/mol. The third-order valence-electron chi connectivity index (χ3n) is 4.34. The second kappa shape index (κ2) is 7.80. The molecule has 0 bridgehead atoms. The number of hydrogen-bond donors (Lipinski definition) is 1. The normalized spacial score (nSPS) is 11.0. The molecule has 6 nitrogen and oxygen atoms in total. The van der Waals surface area contributed by atoms with Crippen LogP contribution in [0.3, 0.4) is 0 Å². The summed E-state index contributed by atoms with van der Waals surface area (Å²) in [7, 11) is 1.64. The number of thiophene rings is 1. The van der Waals surface area contributed by atoms with Crippen LogP contribution in [0, 0.1) is 6.92 Å². The van der Waals surface area contributed by atoms with E-state index in [1.165, 1.54) is 27.1 Å². The van der Waals surface area contributed by atoms with Gasteiger partial charge in [-0.15, -0.1) is 11.3 Å². The van der Waals surface area contributed by atoms with Gasteiger partial charge in [0.25, 0.3) is 5.56 Å². The molecule has 1 N–H and O–H groups in total. The van der Waals surface area contributed by atoms with Crippen LogP contribution in [-0.2, 0) is 11.3 Å². The zero-order chi connectivity index (χ0) is 18.7. The van der Waals surface area contributed by atoms with Crippen molar-refractivity contribution in [1.29, 1.82) is 0 Å². The summed E-state index contributed by atoms with van der Waals surface area (Å²) in [4.78, 5) is 32.7. The Kier molecular flexibility index (Phi) is 5.49. The van der Waals surface area contributed by atoms with Crippen molar-refractivity contribution in [2.45, 2.75) is 19.9 Å². The Morgan fingerprint density at radius 1 is 1.31 bits per heavy atom. The Bertz CT molecular complexity index is 979. The fourth-order valence-electron chi connectivity index (χ4n) is 2.93. The molecule has 2 heterocycles. The fraction of sp³-hybridized carbons (Fsp3) is 0.316. The van der Waals surface area contributed by atoms with Gasteiger partial charge in [0.05, 0.1) is 18.3 Å². The van der Waals surface area contributed by atoms with Crippen molar-refractivity contribution >= 4 is 27.5 Å². The van der Waals surface area contributed by atoms with Crippen LogP contribution in [0.25, 0.3) is 21.3 Å². The third kappa shape index (κ3) is 3.54. The van der Waals surface area contributed by atoms with E-state index in [-0.39, 0.29) is 37.6 Å². The highest BCUT2D eigenvalue weighted by atomic mass is 32.1. The number of fused-ring (bicyclic) bond motifs is 1. The lowest BCUT2D eigenvalue weighted by molar-refractivity contribution is -0.130.